The standard InChI is InChI=1S/C19H27N5O2/c1-19(2,3)26-18(25)24-8-4-5-13(12-24)10-22-17-11-21-16-9-14(20)6-7-15(16)23-17/h6-7,9,11,13H,4-5,8,10,12,20H2,1-3H3,(H,22,23)/t13-/m0/s1. The van der Waals surface area contributed by atoms with E-state index in [1.54, 1.807) is 11.1 Å². The van der Waals surface area contributed by atoms with E-state index in [0.29, 0.717) is 18.2 Å². The largest absolute Gasteiger partial charge is 0.444 e. The summed E-state index contributed by atoms with van der Waals surface area (Å²) in [6, 6.07) is 5.50. The number of piperidine rings is 1. The van der Waals surface area contributed by atoms with E-state index < -0.39 is 5.60 Å². The number of hydrogen-bond acceptors (Lipinski definition) is 6. The number of rotatable bonds is 3. The predicted molar refractivity (Wildman–Crippen MR) is 103 cm³/mol. The SMILES string of the molecule is CC(C)(C)OC(=O)N1CCC[C@@H](CNc2cnc3cc(N)ccc3n2)C1. The van der Waals surface area contributed by atoms with Crippen LogP contribution in [0.5, 0.6) is 0 Å². The Morgan fingerprint density at radius 2 is 2.19 bits per heavy atom. The smallest absolute Gasteiger partial charge is 0.410 e. The lowest BCUT2D eigenvalue weighted by molar-refractivity contribution is 0.0172. The highest BCUT2D eigenvalue weighted by molar-refractivity contribution is 5.79. The first kappa shape index (κ1) is 18.2. The zero-order chi connectivity index (χ0) is 18.7. The molecular formula is C19H27N5O2. The van der Waals surface area contributed by atoms with Crippen molar-refractivity contribution in [1.29, 1.82) is 0 Å². The third kappa shape index (κ3) is 4.74. The van der Waals surface area contributed by atoms with Gasteiger partial charge in [-0.3, -0.25) is 4.98 Å². The summed E-state index contributed by atoms with van der Waals surface area (Å²) in [5, 5.41) is 3.35. The molecule has 0 bridgehead atoms. The van der Waals surface area contributed by atoms with Crippen molar-refractivity contribution in [3.8, 4) is 0 Å². The number of benzene rings is 1. The van der Waals surface area contributed by atoms with Crippen LogP contribution < -0.4 is 11.1 Å². The van der Waals surface area contributed by atoms with E-state index in [1.807, 2.05) is 39.0 Å². The second-order valence-corrected chi connectivity index (χ2v) is 7.82. The summed E-state index contributed by atoms with van der Waals surface area (Å²) in [4.78, 5) is 23.0. The maximum absolute atomic E-state index is 12.3. The number of amides is 1. The van der Waals surface area contributed by atoms with Gasteiger partial charge in [0.1, 0.15) is 11.4 Å². The summed E-state index contributed by atoms with van der Waals surface area (Å²) in [5.41, 5.74) is 7.57. The molecular weight excluding hydrogens is 330 g/mol. The van der Waals surface area contributed by atoms with E-state index in [9.17, 15) is 4.79 Å². The number of carbonyl (C=O) groups is 1. The Morgan fingerprint density at radius 1 is 1.38 bits per heavy atom. The number of fused-ring (bicyclic) bond motifs is 1. The molecule has 0 unspecified atom stereocenters. The molecule has 1 atom stereocenters. The Kier molecular flexibility index (Phi) is 5.15. The fraction of sp³-hybridized carbons (Fsp3) is 0.526. The van der Waals surface area contributed by atoms with Crippen molar-refractivity contribution in [3.63, 3.8) is 0 Å². The van der Waals surface area contributed by atoms with Crippen LogP contribution in [0.25, 0.3) is 11.0 Å². The van der Waals surface area contributed by atoms with Crippen LogP contribution in [-0.2, 0) is 4.74 Å². The zero-order valence-corrected chi connectivity index (χ0v) is 15.7. The minimum Gasteiger partial charge on any atom is -0.444 e. The van der Waals surface area contributed by atoms with E-state index in [-0.39, 0.29) is 6.09 Å². The topological polar surface area (TPSA) is 93.4 Å². The van der Waals surface area contributed by atoms with Gasteiger partial charge >= 0.3 is 6.09 Å². The molecule has 140 valence electrons. The van der Waals surface area contributed by atoms with E-state index >= 15 is 0 Å². The Morgan fingerprint density at radius 3 is 2.96 bits per heavy atom. The molecule has 3 N–H and O–H groups in total. The van der Waals surface area contributed by atoms with Crippen LogP contribution in [0.1, 0.15) is 33.6 Å². The summed E-state index contributed by atoms with van der Waals surface area (Å²) in [7, 11) is 0. The number of likely N-dealkylation sites (tertiary alicyclic amines) is 1. The van der Waals surface area contributed by atoms with Gasteiger partial charge in [-0.2, -0.15) is 0 Å². The third-order valence-electron chi connectivity index (χ3n) is 4.31. The molecule has 1 aliphatic rings. The van der Waals surface area contributed by atoms with E-state index in [1.165, 1.54) is 0 Å². The summed E-state index contributed by atoms with van der Waals surface area (Å²) >= 11 is 0. The van der Waals surface area contributed by atoms with Gasteiger partial charge in [-0.1, -0.05) is 0 Å². The quantitative estimate of drug-likeness (QED) is 0.819. The lowest BCUT2D eigenvalue weighted by atomic mass is 9.98. The van der Waals surface area contributed by atoms with E-state index in [4.69, 9.17) is 10.5 Å². The van der Waals surface area contributed by atoms with Gasteiger partial charge in [0.25, 0.3) is 0 Å². The molecule has 0 radical (unpaired) electrons. The van der Waals surface area contributed by atoms with Crippen LogP contribution >= 0.6 is 0 Å². The third-order valence-corrected chi connectivity index (χ3v) is 4.31. The van der Waals surface area contributed by atoms with Crippen LogP contribution in [0.4, 0.5) is 16.3 Å². The summed E-state index contributed by atoms with van der Waals surface area (Å²) in [6.07, 6.45) is 3.54. The van der Waals surface area contributed by atoms with Crippen molar-refractivity contribution in [2.45, 2.75) is 39.2 Å². The molecule has 1 aromatic heterocycles. The number of aromatic nitrogens is 2. The summed E-state index contributed by atoms with van der Waals surface area (Å²) in [6.45, 7) is 7.86. The molecule has 1 fully saturated rings. The fourth-order valence-electron chi connectivity index (χ4n) is 3.09. The first-order valence-corrected chi connectivity index (χ1v) is 9.04. The fourth-order valence-corrected chi connectivity index (χ4v) is 3.09. The van der Waals surface area contributed by atoms with Gasteiger partial charge in [0, 0.05) is 25.3 Å². The predicted octanol–water partition coefficient (Wildman–Crippen LogP) is 3.27. The van der Waals surface area contributed by atoms with Crippen LogP contribution in [0.2, 0.25) is 0 Å². The lowest BCUT2D eigenvalue weighted by Crippen LogP contribution is -2.44. The molecule has 0 aliphatic carbocycles. The van der Waals surface area contributed by atoms with Crippen LogP contribution in [0, 0.1) is 5.92 Å². The van der Waals surface area contributed by atoms with Gasteiger partial charge in [-0.25, -0.2) is 9.78 Å². The summed E-state index contributed by atoms with van der Waals surface area (Å²) in [5.74, 6) is 1.09. The molecule has 1 saturated heterocycles. The normalized spacial score (nSPS) is 18.0. The Bertz CT molecular complexity index is 787. The van der Waals surface area contributed by atoms with Crippen LogP contribution in [0.3, 0.4) is 0 Å². The zero-order valence-electron chi connectivity index (χ0n) is 15.7. The molecule has 7 heteroatoms. The maximum atomic E-state index is 12.3. The number of nitrogens with two attached hydrogens (primary N) is 1. The number of ether oxygens (including phenoxy) is 1. The minimum atomic E-state index is -0.466. The molecule has 26 heavy (non-hydrogen) atoms. The number of nitrogens with one attached hydrogen (secondary N) is 1. The molecule has 0 spiro atoms. The van der Waals surface area contributed by atoms with Crippen LogP contribution in [0.15, 0.2) is 24.4 Å². The average molecular weight is 357 g/mol. The Hall–Kier alpha value is -2.57. The number of hydrogen-bond donors (Lipinski definition) is 2. The summed E-state index contributed by atoms with van der Waals surface area (Å²) < 4.78 is 5.48. The minimum absolute atomic E-state index is 0.231. The monoisotopic (exact) mass is 357 g/mol. The molecule has 3 rings (SSSR count). The van der Waals surface area contributed by atoms with Gasteiger partial charge < -0.3 is 20.7 Å². The number of nitrogen functional groups attached to an aromatic ring is 1. The van der Waals surface area contributed by atoms with E-state index in [0.717, 1.165) is 42.8 Å². The number of anilines is 2. The van der Waals surface area contributed by atoms with Crippen molar-refractivity contribution >= 4 is 28.6 Å². The maximum Gasteiger partial charge on any atom is 0.410 e. The molecule has 7 nitrogen and oxygen atoms in total. The van der Waals surface area contributed by atoms with Crippen molar-refractivity contribution < 1.29 is 9.53 Å². The van der Waals surface area contributed by atoms with E-state index in [2.05, 4.69) is 15.3 Å². The van der Waals surface area contributed by atoms with Gasteiger partial charge in [-0.15, -0.1) is 0 Å². The molecule has 2 aromatic rings. The first-order chi connectivity index (χ1) is 12.3. The van der Waals surface area contributed by atoms with Crippen molar-refractivity contribution in [2.75, 3.05) is 30.7 Å². The lowest BCUT2D eigenvalue weighted by Gasteiger charge is -2.34. The first-order valence-electron chi connectivity index (χ1n) is 9.04. The molecule has 1 amide bonds. The number of nitrogens with zero attached hydrogens (tertiary/aromatic N) is 3. The van der Waals surface area contributed by atoms with Crippen molar-refractivity contribution in [3.05, 3.63) is 24.4 Å². The van der Waals surface area contributed by atoms with Gasteiger partial charge in [-0.05, 0) is 57.7 Å². The average Bonchev–Trinajstić information content (AvgIpc) is 2.58. The molecule has 2 heterocycles. The molecule has 1 aliphatic heterocycles. The molecule has 1 aromatic carbocycles. The Balaban J connectivity index is 1.57. The van der Waals surface area contributed by atoms with Gasteiger partial charge in [0.05, 0.1) is 17.2 Å². The highest BCUT2D eigenvalue weighted by Gasteiger charge is 2.27. The van der Waals surface area contributed by atoms with Gasteiger partial charge in [0.2, 0.25) is 0 Å². The Labute approximate surface area is 153 Å². The highest BCUT2D eigenvalue weighted by Crippen LogP contribution is 2.20. The van der Waals surface area contributed by atoms with Crippen molar-refractivity contribution in [1.82, 2.24) is 14.9 Å². The second-order valence-electron chi connectivity index (χ2n) is 7.82. The molecule has 0 saturated carbocycles. The van der Waals surface area contributed by atoms with Crippen molar-refractivity contribution in [2.24, 2.45) is 5.92 Å². The second kappa shape index (κ2) is 7.35. The highest BCUT2D eigenvalue weighted by atomic mass is 16.6. The number of carbonyl (C=O) groups excluding carboxylic acids is 1. The van der Waals surface area contributed by atoms with Gasteiger partial charge in [0.15, 0.2) is 0 Å². The van der Waals surface area contributed by atoms with Crippen LogP contribution in [-0.4, -0.2) is 46.2 Å².